The third-order valence-electron chi connectivity index (χ3n) is 6.90. The molecule has 0 bridgehead atoms. The average molecular weight is 511 g/mol. The third kappa shape index (κ3) is 6.20. The van der Waals surface area contributed by atoms with Crippen LogP contribution in [0.15, 0.2) is 91.3 Å². The Morgan fingerprint density at radius 1 is 0.868 bits per heavy atom. The molecule has 194 valence electrons. The van der Waals surface area contributed by atoms with E-state index in [1.54, 1.807) is 37.7 Å². The Labute approximate surface area is 222 Å². The number of methoxy groups -OCH3 is 1. The van der Waals surface area contributed by atoms with Crippen molar-refractivity contribution in [2.45, 2.75) is 44.9 Å². The van der Waals surface area contributed by atoms with Crippen LogP contribution < -0.4 is 9.47 Å². The van der Waals surface area contributed by atoms with Crippen LogP contribution in [0.2, 0.25) is 0 Å². The highest BCUT2D eigenvalue weighted by Crippen LogP contribution is 2.33. The Hall–Kier alpha value is -4.19. The number of ether oxygens (including phenoxy) is 2. The summed E-state index contributed by atoms with van der Waals surface area (Å²) in [7, 11) is 1.64. The smallest absolute Gasteiger partial charge is 0.254 e. The molecular formula is C32H31FN2O3. The van der Waals surface area contributed by atoms with Crippen LogP contribution in [0.1, 0.15) is 47.2 Å². The first kappa shape index (κ1) is 25.5. The van der Waals surface area contributed by atoms with E-state index < -0.39 is 0 Å². The van der Waals surface area contributed by atoms with Crippen LogP contribution in [-0.4, -0.2) is 29.0 Å². The summed E-state index contributed by atoms with van der Waals surface area (Å²) in [6.45, 7) is 0.829. The van der Waals surface area contributed by atoms with Gasteiger partial charge in [-0.1, -0.05) is 30.3 Å². The van der Waals surface area contributed by atoms with E-state index in [1.165, 1.54) is 25.0 Å². The Balaban J connectivity index is 1.40. The molecule has 3 aromatic carbocycles. The second-order valence-electron chi connectivity index (χ2n) is 9.61. The van der Waals surface area contributed by atoms with Gasteiger partial charge in [0.25, 0.3) is 5.91 Å². The van der Waals surface area contributed by atoms with Crippen molar-refractivity contribution in [3.63, 3.8) is 0 Å². The molecule has 1 heterocycles. The van der Waals surface area contributed by atoms with Crippen LogP contribution in [0.4, 0.5) is 4.39 Å². The van der Waals surface area contributed by atoms with Gasteiger partial charge in [-0.05, 0) is 96.5 Å². The van der Waals surface area contributed by atoms with Gasteiger partial charge < -0.3 is 14.4 Å². The number of rotatable bonds is 9. The molecule has 0 N–H and O–H groups in total. The van der Waals surface area contributed by atoms with E-state index in [4.69, 9.17) is 9.47 Å². The van der Waals surface area contributed by atoms with Crippen molar-refractivity contribution in [3.05, 3.63) is 114 Å². The summed E-state index contributed by atoms with van der Waals surface area (Å²) in [6.07, 6.45) is 8.11. The highest BCUT2D eigenvalue weighted by atomic mass is 19.1. The van der Waals surface area contributed by atoms with E-state index >= 15 is 0 Å². The normalized spacial score (nSPS) is 13.3. The number of pyridine rings is 1. The van der Waals surface area contributed by atoms with Crippen LogP contribution in [0.5, 0.6) is 11.5 Å². The molecule has 38 heavy (non-hydrogen) atoms. The molecule has 0 radical (unpaired) electrons. The Kier molecular flexibility index (Phi) is 7.98. The highest BCUT2D eigenvalue weighted by molar-refractivity contribution is 5.94. The minimum atomic E-state index is -0.290. The van der Waals surface area contributed by atoms with Gasteiger partial charge in [0, 0.05) is 31.0 Å². The molecule has 5 rings (SSSR count). The van der Waals surface area contributed by atoms with Gasteiger partial charge in [0.05, 0.1) is 13.2 Å². The minimum absolute atomic E-state index is 0.0957. The third-order valence-corrected chi connectivity index (χ3v) is 6.90. The maximum atomic E-state index is 13.7. The summed E-state index contributed by atoms with van der Waals surface area (Å²) in [4.78, 5) is 19.7. The van der Waals surface area contributed by atoms with E-state index in [9.17, 15) is 9.18 Å². The monoisotopic (exact) mass is 510 g/mol. The molecule has 1 aliphatic rings. The highest BCUT2D eigenvalue weighted by Gasteiger charge is 2.21. The number of carbonyl (C=O) groups excluding carboxylic acids is 1. The molecule has 1 saturated carbocycles. The van der Waals surface area contributed by atoms with Gasteiger partial charge in [0.15, 0.2) is 11.5 Å². The molecule has 0 saturated heterocycles. The molecule has 1 fully saturated rings. The lowest BCUT2D eigenvalue weighted by atomic mass is 10.0. The molecule has 0 unspecified atom stereocenters. The fourth-order valence-electron chi connectivity index (χ4n) is 4.88. The molecule has 0 spiro atoms. The quantitative estimate of drug-likeness (QED) is 0.242. The molecular weight excluding hydrogens is 479 g/mol. The zero-order valence-corrected chi connectivity index (χ0v) is 21.5. The number of aromatic nitrogens is 1. The van der Waals surface area contributed by atoms with Crippen LogP contribution in [0.25, 0.3) is 11.1 Å². The number of hydrogen-bond acceptors (Lipinski definition) is 4. The van der Waals surface area contributed by atoms with E-state index in [2.05, 4.69) is 4.98 Å². The predicted octanol–water partition coefficient (Wildman–Crippen LogP) is 7.06. The van der Waals surface area contributed by atoms with Crippen LogP contribution in [0, 0.1) is 5.82 Å². The zero-order chi connectivity index (χ0) is 26.3. The number of benzene rings is 3. The molecule has 1 aliphatic carbocycles. The number of nitrogens with zero attached hydrogens (tertiary/aromatic N) is 2. The largest absolute Gasteiger partial charge is 0.493 e. The van der Waals surface area contributed by atoms with Crippen molar-refractivity contribution in [2.75, 3.05) is 7.11 Å². The van der Waals surface area contributed by atoms with Gasteiger partial charge in [-0.2, -0.15) is 0 Å². The summed E-state index contributed by atoms with van der Waals surface area (Å²) in [5.74, 6) is 1.02. The molecule has 0 atom stereocenters. The second-order valence-corrected chi connectivity index (χ2v) is 9.61. The first-order valence-corrected chi connectivity index (χ1v) is 13.0. The van der Waals surface area contributed by atoms with Crippen LogP contribution >= 0.6 is 0 Å². The van der Waals surface area contributed by atoms with E-state index in [1.807, 2.05) is 53.4 Å². The summed E-state index contributed by atoms with van der Waals surface area (Å²) in [5.41, 5.74) is 4.13. The van der Waals surface area contributed by atoms with Gasteiger partial charge in [0.2, 0.25) is 0 Å². The number of halogens is 1. The van der Waals surface area contributed by atoms with Gasteiger partial charge in [-0.25, -0.2) is 4.39 Å². The first-order chi connectivity index (χ1) is 18.6. The predicted molar refractivity (Wildman–Crippen MR) is 146 cm³/mol. The van der Waals surface area contributed by atoms with E-state index in [0.29, 0.717) is 30.2 Å². The Morgan fingerprint density at radius 3 is 2.32 bits per heavy atom. The van der Waals surface area contributed by atoms with E-state index in [0.717, 1.165) is 35.1 Å². The van der Waals surface area contributed by atoms with Crippen molar-refractivity contribution in [2.24, 2.45) is 0 Å². The molecule has 1 aromatic heterocycles. The molecule has 0 aliphatic heterocycles. The zero-order valence-electron chi connectivity index (χ0n) is 21.5. The van der Waals surface area contributed by atoms with Crippen LogP contribution in [0.3, 0.4) is 0 Å². The maximum Gasteiger partial charge on any atom is 0.254 e. The Bertz CT molecular complexity index is 1370. The number of amides is 1. The first-order valence-electron chi connectivity index (χ1n) is 13.0. The topological polar surface area (TPSA) is 51.7 Å². The molecule has 1 amide bonds. The summed E-state index contributed by atoms with van der Waals surface area (Å²) >= 11 is 0. The van der Waals surface area contributed by atoms with Crippen molar-refractivity contribution in [1.82, 2.24) is 9.88 Å². The second kappa shape index (κ2) is 11.9. The minimum Gasteiger partial charge on any atom is -0.493 e. The van der Waals surface area contributed by atoms with Gasteiger partial charge in [0.1, 0.15) is 5.82 Å². The van der Waals surface area contributed by atoms with Crippen molar-refractivity contribution in [1.29, 1.82) is 0 Å². The summed E-state index contributed by atoms with van der Waals surface area (Å²) < 4.78 is 25.5. The lowest BCUT2D eigenvalue weighted by Gasteiger charge is -2.24. The summed E-state index contributed by atoms with van der Waals surface area (Å²) in [6, 6.07) is 23.4. The van der Waals surface area contributed by atoms with Gasteiger partial charge in [-0.3, -0.25) is 9.78 Å². The molecule has 5 nitrogen and oxygen atoms in total. The van der Waals surface area contributed by atoms with Gasteiger partial charge in [-0.15, -0.1) is 0 Å². The fourth-order valence-corrected chi connectivity index (χ4v) is 4.88. The van der Waals surface area contributed by atoms with Crippen LogP contribution in [-0.2, 0) is 13.1 Å². The lowest BCUT2D eigenvalue weighted by Crippen LogP contribution is -2.30. The van der Waals surface area contributed by atoms with Gasteiger partial charge >= 0.3 is 0 Å². The van der Waals surface area contributed by atoms with Crippen molar-refractivity contribution in [3.8, 4) is 22.6 Å². The Morgan fingerprint density at radius 2 is 1.61 bits per heavy atom. The standard InChI is InChI=1S/C32H31FN2O3/c1-37-30-14-9-24(19-31(30)38-29-7-2-3-8-29)22-35(21-23-15-17-34-18-16-23)32(36)26-12-10-25(11-13-26)27-5-4-6-28(33)20-27/h4-6,9-20,29H,2-3,7-8,21-22H2,1H3. The summed E-state index contributed by atoms with van der Waals surface area (Å²) in [5, 5.41) is 0. The number of hydrogen-bond donors (Lipinski definition) is 0. The lowest BCUT2D eigenvalue weighted by molar-refractivity contribution is 0.0729. The van der Waals surface area contributed by atoms with Crippen molar-refractivity contribution < 1.29 is 18.7 Å². The number of carbonyl (C=O) groups is 1. The SMILES string of the molecule is COc1ccc(CN(Cc2ccncc2)C(=O)c2ccc(-c3cccc(F)c3)cc2)cc1OC1CCCC1. The maximum absolute atomic E-state index is 13.7. The van der Waals surface area contributed by atoms with Crippen molar-refractivity contribution >= 4 is 5.91 Å². The average Bonchev–Trinajstić information content (AvgIpc) is 3.46. The fraction of sp³-hybridized carbons (Fsp3) is 0.250. The van der Waals surface area contributed by atoms with E-state index in [-0.39, 0.29) is 17.8 Å². The molecule has 4 aromatic rings. The molecule has 6 heteroatoms.